The minimum absolute atomic E-state index is 0.150. The molecule has 9 heteroatoms. The average molecular weight is 537 g/mol. The van der Waals surface area contributed by atoms with E-state index < -0.39 is 0 Å². The smallest absolute Gasteiger partial charge is 0.263 e. The number of rotatable bonds is 7. The van der Waals surface area contributed by atoms with E-state index in [4.69, 9.17) is 14.5 Å². The van der Waals surface area contributed by atoms with Crippen LogP contribution in [0.5, 0.6) is 0 Å². The van der Waals surface area contributed by atoms with Crippen LogP contribution in [0.4, 0.5) is 5.82 Å². The van der Waals surface area contributed by atoms with Gasteiger partial charge in [0.25, 0.3) is 5.71 Å². The van der Waals surface area contributed by atoms with Gasteiger partial charge in [-0.05, 0) is 36.8 Å². The van der Waals surface area contributed by atoms with Gasteiger partial charge in [-0.3, -0.25) is 9.78 Å². The van der Waals surface area contributed by atoms with Crippen molar-refractivity contribution in [3.63, 3.8) is 0 Å². The molecule has 0 spiro atoms. The van der Waals surface area contributed by atoms with Crippen molar-refractivity contribution in [1.82, 2.24) is 25.0 Å². The zero-order chi connectivity index (χ0) is 26.6. The quantitative estimate of drug-likeness (QED) is 0.268. The summed E-state index contributed by atoms with van der Waals surface area (Å²) in [4.78, 5) is 32.2. The van der Waals surface area contributed by atoms with Gasteiger partial charge in [0.05, 0.1) is 5.75 Å². The molecule has 39 heavy (non-hydrogen) atoms. The lowest BCUT2D eigenvalue weighted by Crippen LogP contribution is -2.49. The number of piperazine rings is 1. The Morgan fingerprint density at radius 1 is 0.949 bits per heavy atom. The normalized spacial score (nSPS) is 13.7. The van der Waals surface area contributed by atoms with Gasteiger partial charge in [0.1, 0.15) is 22.7 Å². The molecule has 0 unspecified atom stereocenters. The van der Waals surface area contributed by atoms with Crippen LogP contribution >= 0.6 is 11.8 Å². The number of amides is 1. The predicted molar refractivity (Wildman–Crippen MR) is 153 cm³/mol. The molecule has 196 valence electrons. The van der Waals surface area contributed by atoms with E-state index in [1.807, 2.05) is 47.4 Å². The van der Waals surface area contributed by atoms with Crippen LogP contribution in [-0.2, 0) is 11.2 Å². The molecule has 1 amide bonds. The van der Waals surface area contributed by atoms with E-state index in [1.165, 1.54) is 5.56 Å². The molecule has 0 radical (unpaired) electrons. The zero-order valence-corrected chi connectivity index (χ0v) is 22.5. The zero-order valence-electron chi connectivity index (χ0n) is 21.7. The van der Waals surface area contributed by atoms with Crippen LogP contribution < -0.4 is 4.90 Å². The number of pyridine rings is 1. The number of aromatic nitrogens is 4. The van der Waals surface area contributed by atoms with Crippen molar-refractivity contribution in [2.75, 3.05) is 36.8 Å². The molecule has 1 aliphatic heterocycles. The molecule has 2 aromatic carbocycles. The maximum Gasteiger partial charge on any atom is 0.263 e. The van der Waals surface area contributed by atoms with Crippen LogP contribution in [0.2, 0.25) is 0 Å². The molecular weight excluding hydrogens is 508 g/mol. The number of thioether (sulfide) groups is 1. The summed E-state index contributed by atoms with van der Waals surface area (Å²) in [5, 5.41) is 5.14. The van der Waals surface area contributed by atoms with E-state index >= 15 is 0 Å². The van der Waals surface area contributed by atoms with E-state index in [0.29, 0.717) is 55.6 Å². The highest BCUT2D eigenvalue weighted by molar-refractivity contribution is 8.00. The van der Waals surface area contributed by atoms with Crippen molar-refractivity contribution >= 4 is 34.6 Å². The molecule has 6 rings (SSSR count). The highest BCUT2D eigenvalue weighted by Crippen LogP contribution is 2.34. The summed E-state index contributed by atoms with van der Waals surface area (Å²) in [5.41, 5.74) is 4.32. The van der Waals surface area contributed by atoms with E-state index in [2.05, 4.69) is 46.2 Å². The van der Waals surface area contributed by atoms with Gasteiger partial charge in [-0.15, -0.1) is 11.8 Å². The standard InChI is InChI=1S/C30H28N6O2S/c1-21-9-11-22(12-10-21)18-25-32-29(27-28(34-38-30(27)33-25)23-6-5-13-31-19-23)36-16-14-35(15-17-36)26(37)20-39-24-7-3-2-4-8-24/h2-13,19H,14-18,20H2,1H3. The number of anilines is 1. The Morgan fingerprint density at radius 3 is 2.49 bits per heavy atom. The SMILES string of the molecule is Cc1ccc(Cc2nc(N3CCN(C(=O)CSc4ccccc4)CC3)c3c(-c4cccnc4)noc3n2)cc1. The Labute approximate surface area is 231 Å². The summed E-state index contributed by atoms with van der Waals surface area (Å²) < 4.78 is 5.74. The fraction of sp³-hybridized carbons (Fsp3) is 0.233. The number of carbonyl (C=O) groups excluding carboxylic acids is 1. The Bertz CT molecular complexity index is 1570. The van der Waals surface area contributed by atoms with Gasteiger partial charge in [-0.25, -0.2) is 4.98 Å². The Balaban J connectivity index is 1.26. The summed E-state index contributed by atoms with van der Waals surface area (Å²) >= 11 is 1.57. The number of carbonyl (C=O) groups is 1. The van der Waals surface area contributed by atoms with Crippen molar-refractivity contribution in [3.8, 4) is 11.3 Å². The summed E-state index contributed by atoms with van der Waals surface area (Å²) in [5.74, 6) is 2.04. The number of benzene rings is 2. The minimum Gasteiger partial charge on any atom is -0.352 e. The topological polar surface area (TPSA) is 88.3 Å². The maximum absolute atomic E-state index is 12.9. The predicted octanol–water partition coefficient (Wildman–Crippen LogP) is 5.02. The first kappa shape index (κ1) is 25.1. The number of hydrogen-bond acceptors (Lipinski definition) is 8. The molecule has 0 atom stereocenters. The van der Waals surface area contributed by atoms with Crippen molar-refractivity contribution in [3.05, 3.63) is 96.1 Å². The number of aryl methyl sites for hydroxylation is 1. The first-order chi connectivity index (χ1) is 19.1. The van der Waals surface area contributed by atoms with Gasteiger partial charge >= 0.3 is 0 Å². The second-order valence-electron chi connectivity index (χ2n) is 9.55. The van der Waals surface area contributed by atoms with Gasteiger partial charge < -0.3 is 14.3 Å². The Hall–Kier alpha value is -4.24. The summed E-state index contributed by atoms with van der Waals surface area (Å²) in [6, 6.07) is 22.2. The summed E-state index contributed by atoms with van der Waals surface area (Å²) in [7, 11) is 0. The number of nitrogens with zero attached hydrogens (tertiary/aromatic N) is 6. The highest BCUT2D eigenvalue weighted by Gasteiger charge is 2.27. The van der Waals surface area contributed by atoms with Crippen LogP contribution in [-0.4, -0.2) is 62.8 Å². The Morgan fingerprint density at radius 2 is 1.74 bits per heavy atom. The van der Waals surface area contributed by atoms with Crippen molar-refractivity contribution < 1.29 is 9.32 Å². The van der Waals surface area contributed by atoms with Crippen molar-refractivity contribution in [2.24, 2.45) is 0 Å². The second kappa shape index (κ2) is 11.2. The first-order valence-corrected chi connectivity index (χ1v) is 14.0. The first-order valence-electron chi connectivity index (χ1n) is 13.0. The average Bonchev–Trinajstić information content (AvgIpc) is 3.42. The molecule has 0 bridgehead atoms. The van der Waals surface area contributed by atoms with Gasteiger partial charge in [-0.2, -0.15) is 4.98 Å². The maximum atomic E-state index is 12.9. The van der Waals surface area contributed by atoms with Gasteiger partial charge in [0.15, 0.2) is 0 Å². The minimum atomic E-state index is 0.150. The van der Waals surface area contributed by atoms with E-state index in [1.54, 1.807) is 24.2 Å². The van der Waals surface area contributed by atoms with Crippen LogP contribution in [0.15, 0.2) is 88.5 Å². The number of hydrogen-bond donors (Lipinski definition) is 0. The summed E-state index contributed by atoms with van der Waals surface area (Å²) in [6.07, 6.45) is 4.08. The molecule has 0 saturated carbocycles. The molecule has 0 aliphatic carbocycles. The third-order valence-electron chi connectivity index (χ3n) is 6.82. The third kappa shape index (κ3) is 5.63. The lowest BCUT2D eigenvalue weighted by molar-refractivity contribution is -0.128. The molecule has 1 fully saturated rings. The fourth-order valence-corrected chi connectivity index (χ4v) is 5.52. The molecule has 8 nitrogen and oxygen atoms in total. The highest BCUT2D eigenvalue weighted by atomic mass is 32.2. The van der Waals surface area contributed by atoms with Gasteiger partial charge in [0.2, 0.25) is 5.91 Å². The van der Waals surface area contributed by atoms with Gasteiger partial charge in [-0.1, -0.05) is 53.2 Å². The van der Waals surface area contributed by atoms with Crippen LogP contribution in [0, 0.1) is 6.92 Å². The summed E-state index contributed by atoms with van der Waals surface area (Å²) in [6.45, 7) is 4.65. The number of fused-ring (bicyclic) bond motifs is 1. The lowest BCUT2D eigenvalue weighted by Gasteiger charge is -2.35. The van der Waals surface area contributed by atoms with Crippen molar-refractivity contribution in [2.45, 2.75) is 18.2 Å². The van der Waals surface area contributed by atoms with Crippen LogP contribution in [0.25, 0.3) is 22.4 Å². The fourth-order valence-electron chi connectivity index (χ4n) is 4.70. The van der Waals surface area contributed by atoms with E-state index in [-0.39, 0.29) is 5.91 Å². The third-order valence-corrected chi connectivity index (χ3v) is 7.82. The largest absolute Gasteiger partial charge is 0.352 e. The molecule has 4 heterocycles. The molecule has 0 N–H and O–H groups in total. The van der Waals surface area contributed by atoms with E-state index in [0.717, 1.165) is 27.2 Å². The molecule has 3 aromatic heterocycles. The van der Waals surface area contributed by atoms with Crippen LogP contribution in [0.3, 0.4) is 0 Å². The molecule has 5 aromatic rings. The lowest BCUT2D eigenvalue weighted by atomic mass is 10.1. The van der Waals surface area contributed by atoms with Crippen LogP contribution in [0.1, 0.15) is 17.0 Å². The molecule has 1 saturated heterocycles. The second-order valence-corrected chi connectivity index (χ2v) is 10.6. The van der Waals surface area contributed by atoms with E-state index in [9.17, 15) is 4.79 Å². The van der Waals surface area contributed by atoms with Crippen molar-refractivity contribution in [1.29, 1.82) is 0 Å². The molecule has 1 aliphatic rings. The molecular formula is C30H28N6O2S. The monoisotopic (exact) mass is 536 g/mol. The van der Waals surface area contributed by atoms with Gasteiger partial charge in [0, 0.05) is 55.5 Å². The Kier molecular flexibility index (Phi) is 7.23.